The van der Waals surface area contributed by atoms with Crippen LogP contribution in [0.5, 0.6) is 5.75 Å². The van der Waals surface area contributed by atoms with Gasteiger partial charge in [0.1, 0.15) is 5.75 Å². The van der Waals surface area contributed by atoms with Crippen LogP contribution in [0.2, 0.25) is 0 Å². The molecule has 1 aromatic heterocycles. The number of rotatable bonds is 10. The Labute approximate surface area is 200 Å². The number of sulfonamides is 1. The number of hydrogen-bond donors (Lipinski definition) is 2. The molecule has 1 aromatic carbocycles. The van der Waals surface area contributed by atoms with E-state index in [1.54, 1.807) is 30.5 Å². The second kappa shape index (κ2) is 11.1. The highest BCUT2D eigenvalue weighted by molar-refractivity contribution is 7.93. The molecule has 1 unspecified atom stereocenters. The largest absolute Gasteiger partial charge is 0.494 e. The molecule has 182 valence electrons. The highest BCUT2D eigenvalue weighted by Gasteiger charge is 2.27. The maximum Gasteiger partial charge on any atom is 0.263 e. The van der Waals surface area contributed by atoms with Crippen LogP contribution in [0.3, 0.4) is 0 Å². The van der Waals surface area contributed by atoms with Gasteiger partial charge in [0, 0.05) is 25.0 Å². The Bertz CT molecular complexity index is 1010. The Kier molecular flexibility index (Phi) is 8.24. The van der Waals surface area contributed by atoms with Crippen LogP contribution >= 0.6 is 11.3 Å². The zero-order valence-corrected chi connectivity index (χ0v) is 20.7. The molecular formula is C23H33N3O5S2. The van der Waals surface area contributed by atoms with E-state index in [1.807, 2.05) is 0 Å². The monoisotopic (exact) mass is 495 g/mol. The van der Waals surface area contributed by atoms with Gasteiger partial charge < -0.3 is 14.6 Å². The number of aryl methyl sites for hydroxylation is 1. The van der Waals surface area contributed by atoms with Gasteiger partial charge in [0.2, 0.25) is 0 Å². The minimum atomic E-state index is -3.79. The summed E-state index contributed by atoms with van der Waals surface area (Å²) in [6, 6.07) is 5.00. The van der Waals surface area contributed by atoms with Gasteiger partial charge in [-0.25, -0.2) is 13.4 Å². The maximum atomic E-state index is 12.9. The molecule has 2 fully saturated rings. The lowest BCUT2D eigenvalue weighted by Gasteiger charge is -2.26. The summed E-state index contributed by atoms with van der Waals surface area (Å²) >= 11 is 1.19. The Hall–Kier alpha value is -1.72. The van der Waals surface area contributed by atoms with Crippen LogP contribution in [0.15, 0.2) is 28.5 Å². The van der Waals surface area contributed by atoms with Crippen molar-refractivity contribution in [3.63, 3.8) is 0 Å². The number of nitrogens with one attached hydrogen (secondary N) is 1. The van der Waals surface area contributed by atoms with Crippen LogP contribution in [0, 0.1) is 12.8 Å². The number of aliphatic hydroxyl groups excluding tert-OH is 1. The van der Waals surface area contributed by atoms with E-state index < -0.39 is 16.1 Å². The number of aliphatic hydroxyl groups is 1. The van der Waals surface area contributed by atoms with E-state index in [0.29, 0.717) is 23.6 Å². The first-order valence-electron chi connectivity index (χ1n) is 11.6. The summed E-state index contributed by atoms with van der Waals surface area (Å²) in [5.74, 6) is 0.866. The smallest absolute Gasteiger partial charge is 0.263 e. The van der Waals surface area contributed by atoms with Crippen LogP contribution in [-0.4, -0.2) is 62.9 Å². The molecule has 2 N–H and O–H groups in total. The van der Waals surface area contributed by atoms with Gasteiger partial charge in [0.05, 0.1) is 36.5 Å². The van der Waals surface area contributed by atoms with E-state index in [0.717, 1.165) is 65.0 Å². The zero-order chi connectivity index (χ0) is 23.3. The molecule has 33 heavy (non-hydrogen) atoms. The van der Waals surface area contributed by atoms with E-state index in [9.17, 15) is 13.5 Å². The molecule has 1 saturated carbocycles. The average Bonchev–Trinajstić information content (AvgIpc) is 3.49. The molecule has 2 aromatic rings. The molecule has 8 nitrogen and oxygen atoms in total. The first kappa shape index (κ1) is 24.4. The topological polar surface area (TPSA) is 101 Å². The summed E-state index contributed by atoms with van der Waals surface area (Å²) in [6.45, 7) is 6.78. The van der Waals surface area contributed by atoms with Crippen LogP contribution in [0.1, 0.15) is 49.5 Å². The van der Waals surface area contributed by atoms with Crippen molar-refractivity contribution < 1.29 is 23.0 Å². The molecule has 1 aliphatic carbocycles. The SMILES string of the molecule is Cc1cc(OCCCN2CCOCC2)ccc1S(=O)(=O)Nc1nc(C(O)C2CCCC2)cs1. The number of thiazole rings is 1. The van der Waals surface area contributed by atoms with Gasteiger partial charge in [-0.05, 0) is 55.9 Å². The van der Waals surface area contributed by atoms with Gasteiger partial charge in [-0.1, -0.05) is 12.8 Å². The van der Waals surface area contributed by atoms with Gasteiger partial charge in [-0.3, -0.25) is 9.62 Å². The molecule has 0 amide bonds. The first-order valence-corrected chi connectivity index (χ1v) is 14.0. The molecule has 0 bridgehead atoms. The van der Waals surface area contributed by atoms with Gasteiger partial charge in [0.15, 0.2) is 5.13 Å². The fourth-order valence-electron chi connectivity index (χ4n) is 4.47. The molecule has 0 radical (unpaired) electrons. The van der Waals surface area contributed by atoms with Crippen molar-refractivity contribution in [3.8, 4) is 5.75 Å². The van der Waals surface area contributed by atoms with Crippen LogP contribution in [-0.2, 0) is 14.8 Å². The van der Waals surface area contributed by atoms with Crippen LogP contribution in [0.25, 0.3) is 0 Å². The summed E-state index contributed by atoms with van der Waals surface area (Å²) in [5, 5.41) is 12.5. The van der Waals surface area contributed by atoms with Crippen molar-refractivity contribution in [2.24, 2.45) is 5.92 Å². The summed E-state index contributed by atoms with van der Waals surface area (Å²) in [4.78, 5) is 6.89. The lowest BCUT2D eigenvalue weighted by molar-refractivity contribution is 0.0358. The van der Waals surface area contributed by atoms with E-state index in [4.69, 9.17) is 9.47 Å². The second-order valence-electron chi connectivity index (χ2n) is 8.76. The predicted octanol–water partition coefficient (Wildman–Crippen LogP) is 3.58. The Morgan fingerprint density at radius 3 is 2.79 bits per heavy atom. The molecule has 2 heterocycles. The number of hydrogen-bond acceptors (Lipinski definition) is 8. The highest BCUT2D eigenvalue weighted by atomic mass is 32.2. The first-order chi connectivity index (χ1) is 15.9. The Balaban J connectivity index is 1.32. The fraction of sp³-hybridized carbons (Fsp3) is 0.609. The third-order valence-electron chi connectivity index (χ3n) is 6.32. The molecule has 0 spiro atoms. The summed E-state index contributed by atoms with van der Waals surface area (Å²) in [6.07, 6.45) is 4.49. The number of nitrogens with zero attached hydrogens (tertiary/aromatic N) is 2. The summed E-state index contributed by atoms with van der Waals surface area (Å²) < 4.78 is 39.6. The lowest BCUT2D eigenvalue weighted by Crippen LogP contribution is -2.37. The van der Waals surface area contributed by atoms with Crippen LogP contribution in [0.4, 0.5) is 5.13 Å². The molecule has 1 atom stereocenters. The number of ether oxygens (including phenoxy) is 2. The summed E-state index contributed by atoms with van der Waals surface area (Å²) in [5.41, 5.74) is 1.15. The van der Waals surface area contributed by atoms with Gasteiger partial charge in [-0.2, -0.15) is 0 Å². The molecular weight excluding hydrogens is 462 g/mol. The van der Waals surface area contributed by atoms with Crippen LogP contribution < -0.4 is 9.46 Å². The second-order valence-corrected chi connectivity index (χ2v) is 11.3. The number of morpholine rings is 1. The third kappa shape index (κ3) is 6.45. The minimum absolute atomic E-state index is 0.191. The molecule has 10 heteroatoms. The van der Waals surface area contributed by atoms with E-state index in [-0.39, 0.29) is 15.9 Å². The van der Waals surface area contributed by atoms with E-state index in [1.165, 1.54) is 11.3 Å². The minimum Gasteiger partial charge on any atom is -0.494 e. The van der Waals surface area contributed by atoms with Gasteiger partial charge in [0.25, 0.3) is 10.0 Å². The summed E-state index contributed by atoms with van der Waals surface area (Å²) in [7, 11) is -3.79. The van der Waals surface area contributed by atoms with Crippen molar-refractivity contribution in [1.29, 1.82) is 0 Å². The van der Waals surface area contributed by atoms with Crippen molar-refractivity contribution in [1.82, 2.24) is 9.88 Å². The quantitative estimate of drug-likeness (QED) is 0.486. The maximum absolute atomic E-state index is 12.9. The molecule has 1 aliphatic heterocycles. The number of benzene rings is 1. The van der Waals surface area contributed by atoms with Crippen molar-refractivity contribution in [2.75, 3.05) is 44.2 Å². The van der Waals surface area contributed by atoms with Gasteiger partial charge >= 0.3 is 0 Å². The van der Waals surface area contributed by atoms with Crippen molar-refractivity contribution in [3.05, 3.63) is 34.8 Å². The average molecular weight is 496 g/mol. The number of aromatic nitrogens is 1. The predicted molar refractivity (Wildman–Crippen MR) is 128 cm³/mol. The molecule has 4 rings (SSSR count). The molecule has 2 aliphatic rings. The van der Waals surface area contributed by atoms with Crippen molar-refractivity contribution in [2.45, 2.75) is 50.0 Å². The fourth-order valence-corrected chi connectivity index (χ4v) is 6.69. The van der Waals surface area contributed by atoms with E-state index in [2.05, 4.69) is 14.6 Å². The highest BCUT2D eigenvalue weighted by Crippen LogP contribution is 2.36. The molecule has 1 saturated heterocycles. The van der Waals surface area contributed by atoms with Gasteiger partial charge in [-0.15, -0.1) is 11.3 Å². The van der Waals surface area contributed by atoms with Crippen molar-refractivity contribution >= 4 is 26.5 Å². The third-order valence-corrected chi connectivity index (χ3v) is 8.72. The standard InChI is InChI=1S/C23H33N3O5S2/c1-17-15-19(31-12-4-9-26-10-13-30-14-11-26)7-8-21(17)33(28,29)25-23-24-20(16-32-23)22(27)18-5-2-3-6-18/h7-8,15-16,18,22,27H,2-6,9-14H2,1H3,(H,24,25). The lowest BCUT2D eigenvalue weighted by atomic mass is 9.99. The Morgan fingerprint density at radius 2 is 2.06 bits per heavy atom. The number of anilines is 1. The van der Waals surface area contributed by atoms with E-state index >= 15 is 0 Å². The zero-order valence-electron chi connectivity index (χ0n) is 19.0. The normalized spacial score (nSPS) is 19.0. The Morgan fingerprint density at radius 1 is 1.30 bits per heavy atom.